The third kappa shape index (κ3) is 4.33. The normalized spacial score (nSPS) is 16.4. The number of ether oxygens (including phenoxy) is 1. The van der Waals surface area contributed by atoms with Crippen molar-refractivity contribution in [2.24, 2.45) is 0 Å². The van der Waals surface area contributed by atoms with E-state index in [1.165, 1.54) is 6.07 Å². The summed E-state index contributed by atoms with van der Waals surface area (Å²) in [6.45, 7) is 1.65. The minimum absolute atomic E-state index is 0.156. The minimum atomic E-state index is -0.310. The van der Waals surface area contributed by atoms with E-state index in [0.29, 0.717) is 30.3 Å². The van der Waals surface area contributed by atoms with E-state index in [1.807, 2.05) is 6.07 Å². The molecule has 1 N–H and O–H groups in total. The van der Waals surface area contributed by atoms with Crippen molar-refractivity contribution in [1.82, 2.24) is 5.32 Å². The van der Waals surface area contributed by atoms with Crippen molar-refractivity contribution in [2.75, 3.05) is 19.8 Å². The Morgan fingerprint density at radius 3 is 2.68 bits per heavy atom. The third-order valence-electron chi connectivity index (χ3n) is 4.66. The van der Waals surface area contributed by atoms with Crippen molar-refractivity contribution >= 4 is 40.1 Å². The number of rotatable bonds is 4. The SMILES string of the molecule is O=C(NCC1(c2cccc(F)c2)CCOCC1)c1ccc(Cl)c(I)c1. The van der Waals surface area contributed by atoms with Crippen LogP contribution in [0.2, 0.25) is 5.02 Å². The van der Waals surface area contributed by atoms with Crippen molar-refractivity contribution in [1.29, 1.82) is 0 Å². The zero-order valence-electron chi connectivity index (χ0n) is 13.5. The molecule has 1 fully saturated rings. The Morgan fingerprint density at radius 1 is 1.24 bits per heavy atom. The van der Waals surface area contributed by atoms with Gasteiger partial charge in [0, 0.05) is 34.3 Å². The number of nitrogens with one attached hydrogen (secondary N) is 1. The van der Waals surface area contributed by atoms with Crippen LogP contribution in [0.1, 0.15) is 28.8 Å². The number of carbonyl (C=O) groups excluding carboxylic acids is 1. The molecule has 0 atom stereocenters. The standard InChI is InChI=1S/C19H18ClFINO2/c20-16-5-4-13(10-17(16)22)18(24)23-12-19(6-8-25-9-7-19)14-2-1-3-15(21)11-14/h1-5,10-11H,6-9,12H2,(H,23,24). The fourth-order valence-corrected chi connectivity index (χ4v) is 3.77. The van der Waals surface area contributed by atoms with Gasteiger partial charge in [0.1, 0.15) is 5.82 Å². The van der Waals surface area contributed by atoms with Crippen LogP contribution in [-0.2, 0) is 10.2 Å². The largest absolute Gasteiger partial charge is 0.381 e. The molecule has 0 aliphatic carbocycles. The number of hydrogen-bond donors (Lipinski definition) is 1. The van der Waals surface area contributed by atoms with E-state index in [9.17, 15) is 9.18 Å². The van der Waals surface area contributed by atoms with Gasteiger partial charge >= 0.3 is 0 Å². The van der Waals surface area contributed by atoms with Crippen LogP contribution in [0.3, 0.4) is 0 Å². The van der Waals surface area contributed by atoms with Gasteiger partial charge < -0.3 is 10.1 Å². The monoisotopic (exact) mass is 473 g/mol. The van der Waals surface area contributed by atoms with Crippen molar-refractivity contribution in [2.45, 2.75) is 18.3 Å². The second-order valence-electron chi connectivity index (χ2n) is 6.21. The van der Waals surface area contributed by atoms with Crippen molar-refractivity contribution in [3.8, 4) is 0 Å². The lowest BCUT2D eigenvalue weighted by molar-refractivity contribution is 0.0486. The molecule has 1 heterocycles. The third-order valence-corrected chi connectivity index (χ3v) is 6.20. The van der Waals surface area contributed by atoms with Crippen LogP contribution in [0, 0.1) is 9.39 Å². The fourth-order valence-electron chi connectivity index (χ4n) is 3.14. The molecule has 2 aromatic rings. The van der Waals surface area contributed by atoms with Crippen molar-refractivity contribution in [3.63, 3.8) is 0 Å². The van der Waals surface area contributed by atoms with Gasteiger partial charge in [-0.15, -0.1) is 0 Å². The molecule has 0 aromatic heterocycles. The molecule has 1 amide bonds. The van der Waals surface area contributed by atoms with Crippen LogP contribution in [-0.4, -0.2) is 25.7 Å². The average Bonchev–Trinajstić information content (AvgIpc) is 2.63. The summed E-state index contributed by atoms with van der Waals surface area (Å²) in [5.74, 6) is -0.418. The molecule has 3 nitrogen and oxygen atoms in total. The van der Waals surface area contributed by atoms with Gasteiger partial charge in [-0.1, -0.05) is 23.7 Å². The molecule has 0 bridgehead atoms. The lowest BCUT2D eigenvalue weighted by Gasteiger charge is -2.38. The smallest absolute Gasteiger partial charge is 0.251 e. The molecule has 0 radical (unpaired) electrons. The molecular weight excluding hydrogens is 456 g/mol. The Hall–Kier alpha value is -1.18. The Kier molecular flexibility index (Phi) is 5.96. The topological polar surface area (TPSA) is 38.3 Å². The first-order chi connectivity index (χ1) is 12.0. The predicted molar refractivity (Wildman–Crippen MR) is 105 cm³/mol. The number of hydrogen-bond acceptors (Lipinski definition) is 2. The second-order valence-corrected chi connectivity index (χ2v) is 7.78. The maximum atomic E-state index is 13.7. The van der Waals surface area contributed by atoms with Crippen molar-refractivity contribution in [3.05, 3.63) is 68.0 Å². The van der Waals surface area contributed by atoms with Gasteiger partial charge in [0.25, 0.3) is 5.91 Å². The summed E-state index contributed by atoms with van der Waals surface area (Å²) in [5.41, 5.74) is 1.16. The Morgan fingerprint density at radius 2 is 2.00 bits per heavy atom. The Labute approximate surface area is 165 Å². The average molecular weight is 474 g/mol. The molecule has 0 spiro atoms. The molecule has 0 saturated carbocycles. The molecule has 1 aliphatic heterocycles. The fraction of sp³-hybridized carbons (Fsp3) is 0.316. The first-order valence-corrected chi connectivity index (χ1v) is 9.53. The van der Waals surface area contributed by atoms with Gasteiger partial charge in [-0.3, -0.25) is 4.79 Å². The van der Waals surface area contributed by atoms with Gasteiger partial charge in [-0.05, 0) is 71.3 Å². The van der Waals surface area contributed by atoms with Crippen LogP contribution in [0.15, 0.2) is 42.5 Å². The number of amides is 1. The molecule has 2 aromatic carbocycles. The van der Waals surface area contributed by atoms with Gasteiger partial charge in [0.15, 0.2) is 0 Å². The van der Waals surface area contributed by atoms with E-state index >= 15 is 0 Å². The van der Waals surface area contributed by atoms with E-state index in [1.54, 1.807) is 30.3 Å². The lowest BCUT2D eigenvalue weighted by Crippen LogP contribution is -2.44. The zero-order valence-corrected chi connectivity index (χ0v) is 16.4. The number of benzene rings is 2. The van der Waals surface area contributed by atoms with Gasteiger partial charge in [0.2, 0.25) is 0 Å². The first-order valence-electron chi connectivity index (χ1n) is 8.07. The van der Waals surface area contributed by atoms with Crippen molar-refractivity contribution < 1.29 is 13.9 Å². The number of halogens is 3. The van der Waals surface area contributed by atoms with E-state index in [0.717, 1.165) is 22.0 Å². The predicted octanol–water partition coefficient (Wildman–Crippen LogP) is 4.56. The van der Waals surface area contributed by atoms with E-state index in [4.69, 9.17) is 16.3 Å². The lowest BCUT2D eigenvalue weighted by atomic mass is 9.74. The molecular formula is C19H18ClFINO2. The van der Waals surface area contributed by atoms with Crippen LogP contribution in [0.4, 0.5) is 4.39 Å². The van der Waals surface area contributed by atoms with Gasteiger partial charge in [0.05, 0.1) is 5.02 Å². The summed E-state index contributed by atoms with van der Waals surface area (Å²) in [7, 11) is 0. The van der Waals surface area contributed by atoms with Gasteiger partial charge in [-0.25, -0.2) is 4.39 Å². The molecule has 25 heavy (non-hydrogen) atoms. The zero-order chi connectivity index (χ0) is 17.9. The summed E-state index contributed by atoms with van der Waals surface area (Å²) < 4.78 is 20.0. The molecule has 1 saturated heterocycles. The van der Waals surface area contributed by atoms with Gasteiger partial charge in [-0.2, -0.15) is 0 Å². The first kappa shape index (κ1) is 18.6. The maximum absolute atomic E-state index is 13.7. The van der Waals surface area contributed by atoms with Crippen LogP contribution in [0.25, 0.3) is 0 Å². The highest BCUT2D eigenvalue weighted by atomic mass is 127. The summed E-state index contributed by atoms with van der Waals surface area (Å²) in [6, 6.07) is 11.8. The quantitative estimate of drug-likeness (QED) is 0.661. The molecule has 132 valence electrons. The minimum Gasteiger partial charge on any atom is -0.381 e. The summed E-state index contributed by atoms with van der Waals surface area (Å²) in [5, 5.41) is 3.63. The molecule has 1 aliphatic rings. The Balaban J connectivity index is 1.79. The number of carbonyl (C=O) groups is 1. The van der Waals surface area contributed by atoms with E-state index in [2.05, 4.69) is 27.9 Å². The van der Waals surface area contributed by atoms with Crippen LogP contribution >= 0.6 is 34.2 Å². The van der Waals surface area contributed by atoms with Crippen LogP contribution < -0.4 is 5.32 Å². The summed E-state index contributed by atoms with van der Waals surface area (Å²) in [6.07, 6.45) is 1.49. The highest BCUT2D eigenvalue weighted by Crippen LogP contribution is 2.34. The van der Waals surface area contributed by atoms with Crippen LogP contribution in [0.5, 0.6) is 0 Å². The molecule has 3 rings (SSSR count). The highest BCUT2D eigenvalue weighted by molar-refractivity contribution is 14.1. The summed E-state index contributed by atoms with van der Waals surface area (Å²) >= 11 is 8.11. The maximum Gasteiger partial charge on any atom is 0.251 e. The molecule has 6 heteroatoms. The highest BCUT2D eigenvalue weighted by Gasteiger charge is 2.35. The molecule has 0 unspecified atom stereocenters. The summed E-state index contributed by atoms with van der Waals surface area (Å²) in [4.78, 5) is 12.5. The Bertz CT molecular complexity index is 778. The van der Waals surface area contributed by atoms with E-state index in [-0.39, 0.29) is 17.1 Å². The van der Waals surface area contributed by atoms with E-state index < -0.39 is 0 Å². The second kappa shape index (κ2) is 8.01.